The van der Waals surface area contributed by atoms with Gasteiger partial charge in [-0.25, -0.2) is 0 Å². The molecule has 2 heteroatoms. The molecule has 0 spiro atoms. The molecule has 0 amide bonds. The molecule has 0 aromatic carbocycles. The first-order chi connectivity index (χ1) is 10.9. The van der Waals surface area contributed by atoms with Gasteiger partial charge in [0.1, 0.15) is 0 Å². The number of fused-ring (bicyclic) bond motifs is 1. The average Bonchev–Trinajstić information content (AvgIpc) is 2.51. The Morgan fingerprint density at radius 2 is 2.17 bits per heavy atom. The summed E-state index contributed by atoms with van der Waals surface area (Å²) in [6, 6.07) is 0. The average molecular weight is 312 g/mol. The van der Waals surface area contributed by atoms with Crippen molar-refractivity contribution in [2.75, 3.05) is 0 Å². The maximum atomic E-state index is 12.5. The molecule has 1 N–H and O–H groups in total. The van der Waals surface area contributed by atoms with Gasteiger partial charge in [0.2, 0.25) is 0 Å². The van der Waals surface area contributed by atoms with Gasteiger partial charge in [-0.05, 0) is 63.9 Å². The third-order valence-electron chi connectivity index (χ3n) is 6.07. The number of rotatable bonds is 2. The Hall–Kier alpha value is -1.41. The second-order valence-corrected chi connectivity index (χ2v) is 7.80. The second-order valence-electron chi connectivity index (χ2n) is 7.80. The van der Waals surface area contributed by atoms with Gasteiger partial charge in [-0.2, -0.15) is 0 Å². The van der Waals surface area contributed by atoms with E-state index in [0.717, 1.165) is 49.7 Å². The number of hydrogen-bond acceptors (Lipinski definition) is 2. The van der Waals surface area contributed by atoms with Crippen molar-refractivity contribution in [3.05, 3.63) is 47.1 Å². The highest BCUT2D eigenvalue weighted by molar-refractivity contribution is 6.06. The van der Waals surface area contributed by atoms with E-state index in [1.165, 1.54) is 11.1 Å². The summed E-state index contributed by atoms with van der Waals surface area (Å²) in [6.07, 6.45) is 12.5. The van der Waals surface area contributed by atoms with E-state index in [0.29, 0.717) is 12.3 Å². The molecule has 23 heavy (non-hydrogen) atoms. The Labute approximate surface area is 139 Å². The molecular weight excluding hydrogens is 284 g/mol. The smallest absolute Gasteiger partial charge is 0.181 e. The Morgan fingerprint density at radius 1 is 1.39 bits per heavy atom. The summed E-state index contributed by atoms with van der Waals surface area (Å²) in [6.45, 7) is 8.28. The van der Waals surface area contributed by atoms with Crippen molar-refractivity contribution in [2.24, 2.45) is 11.3 Å². The lowest BCUT2D eigenvalue weighted by atomic mass is 9.63. The first kappa shape index (κ1) is 16.4. The molecule has 3 aliphatic rings. The minimum atomic E-state index is -0.327. The van der Waals surface area contributed by atoms with Crippen molar-refractivity contribution in [1.82, 2.24) is 0 Å². The van der Waals surface area contributed by atoms with Crippen LogP contribution in [0.25, 0.3) is 0 Å². The highest BCUT2D eigenvalue weighted by atomic mass is 16.3. The molecular formula is C21H28O2. The molecule has 3 rings (SSSR count). The van der Waals surface area contributed by atoms with Crippen LogP contribution in [0.2, 0.25) is 0 Å². The highest BCUT2D eigenvalue weighted by Crippen LogP contribution is 2.48. The molecule has 0 bridgehead atoms. The van der Waals surface area contributed by atoms with Gasteiger partial charge in [0.05, 0.1) is 6.10 Å². The summed E-state index contributed by atoms with van der Waals surface area (Å²) >= 11 is 0. The number of ketones is 1. The van der Waals surface area contributed by atoms with Crippen LogP contribution in [0.15, 0.2) is 47.1 Å². The van der Waals surface area contributed by atoms with Crippen molar-refractivity contribution in [3.8, 4) is 0 Å². The van der Waals surface area contributed by atoms with Gasteiger partial charge in [0.25, 0.3) is 0 Å². The SMILES string of the molecule is C=C(C)[C@@H]1CC=C(C=C2C[C@@]3(C)C(=CC2=O)CCC[C@@H]3O)CC1. The quantitative estimate of drug-likeness (QED) is 0.594. The number of hydrogen-bond donors (Lipinski definition) is 1. The van der Waals surface area contributed by atoms with Gasteiger partial charge in [0, 0.05) is 11.0 Å². The zero-order valence-electron chi connectivity index (χ0n) is 14.4. The maximum Gasteiger partial charge on any atom is 0.181 e. The molecule has 0 aromatic rings. The van der Waals surface area contributed by atoms with Crippen LogP contribution in [0.1, 0.15) is 58.8 Å². The predicted octanol–water partition coefficient (Wildman–Crippen LogP) is 4.67. The lowest BCUT2D eigenvalue weighted by Gasteiger charge is -2.43. The Balaban J connectivity index is 1.83. The van der Waals surface area contributed by atoms with Crippen molar-refractivity contribution in [1.29, 1.82) is 0 Å². The van der Waals surface area contributed by atoms with Crippen molar-refractivity contribution in [2.45, 2.75) is 64.9 Å². The molecule has 3 atom stereocenters. The minimum absolute atomic E-state index is 0.148. The molecule has 124 valence electrons. The van der Waals surface area contributed by atoms with Crippen LogP contribution in [0.4, 0.5) is 0 Å². The molecule has 0 unspecified atom stereocenters. The Kier molecular flexibility index (Phi) is 4.46. The van der Waals surface area contributed by atoms with E-state index in [4.69, 9.17) is 0 Å². The van der Waals surface area contributed by atoms with E-state index < -0.39 is 0 Å². The van der Waals surface area contributed by atoms with Crippen LogP contribution in [0, 0.1) is 11.3 Å². The first-order valence-electron chi connectivity index (χ1n) is 8.88. The number of aliphatic hydroxyl groups excluding tert-OH is 1. The fourth-order valence-corrected chi connectivity index (χ4v) is 4.29. The van der Waals surface area contributed by atoms with Crippen molar-refractivity contribution in [3.63, 3.8) is 0 Å². The third kappa shape index (κ3) is 3.14. The molecule has 1 fully saturated rings. The summed E-state index contributed by atoms with van der Waals surface area (Å²) < 4.78 is 0. The lowest BCUT2D eigenvalue weighted by Crippen LogP contribution is -2.41. The fraction of sp³-hybridized carbons (Fsp3) is 0.571. The fourth-order valence-electron chi connectivity index (χ4n) is 4.29. The van der Waals surface area contributed by atoms with Crippen LogP contribution in [0.5, 0.6) is 0 Å². The van der Waals surface area contributed by atoms with E-state index >= 15 is 0 Å². The molecule has 0 saturated heterocycles. The number of allylic oxidation sites excluding steroid dienone is 6. The van der Waals surface area contributed by atoms with Gasteiger partial charge in [-0.3, -0.25) is 4.79 Å². The topological polar surface area (TPSA) is 37.3 Å². The van der Waals surface area contributed by atoms with Gasteiger partial charge in [-0.1, -0.05) is 42.4 Å². The highest BCUT2D eigenvalue weighted by Gasteiger charge is 2.43. The Bertz CT molecular complexity index is 620. The third-order valence-corrected chi connectivity index (χ3v) is 6.07. The summed E-state index contributed by atoms with van der Waals surface area (Å²) in [7, 11) is 0. The number of carbonyl (C=O) groups is 1. The number of carbonyl (C=O) groups excluding carboxylic acids is 1. The van der Waals surface area contributed by atoms with Crippen LogP contribution in [-0.2, 0) is 4.79 Å². The summed E-state index contributed by atoms with van der Waals surface area (Å²) in [5.41, 5.74) is 4.31. The summed E-state index contributed by atoms with van der Waals surface area (Å²) in [5, 5.41) is 10.5. The van der Waals surface area contributed by atoms with E-state index in [9.17, 15) is 9.90 Å². The van der Waals surface area contributed by atoms with Gasteiger partial charge < -0.3 is 5.11 Å². The maximum absolute atomic E-state index is 12.5. The monoisotopic (exact) mass is 312 g/mol. The van der Waals surface area contributed by atoms with Crippen LogP contribution in [0.3, 0.4) is 0 Å². The standard InChI is InChI=1S/C21H28O2/c1-14(2)16-9-7-15(8-10-16)11-17-13-21(3)18(12-19(17)22)5-4-6-20(21)23/h7,11-12,16,20,23H,1,4-6,8-10,13H2,2-3H3/t16-,20+,21+/m1/s1. The van der Waals surface area contributed by atoms with E-state index in [2.05, 4.69) is 32.6 Å². The molecule has 0 aromatic heterocycles. The normalized spacial score (nSPS) is 36.3. The zero-order valence-corrected chi connectivity index (χ0v) is 14.4. The van der Waals surface area contributed by atoms with Crippen LogP contribution < -0.4 is 0 Å². The van der Waals surface area contributed by atoms with Gasteiger partial charge in [-0.15, -0.1) is 0 Å². The number of aliphatic hydroxyl groups is 1. The first-order valence-corrected chi connectivity index (χ1v) is 8.88. The van der Waals surface area contributed by atoms with Gasteiger partial charge >= 0.3 is 0 Å². The molecule has 1 saturated carbocycles. The van der Waals surface area contributed by atoms with Crippen molar-refractivity contribution < 1.29 is 9.90 Å². The summed E-state index contributed by atoms with van der Waals surface area (Å²) in [4.78, 5) is 12.5. The van der Waals surface area contributed by atoms with Crippen molar-refractivity contribution >= 4 is 5.78 Å². The van der Waals surface area contributed by atoms with Gasteiger partial charge in [0.15, 0.2) is 5.78 Å². The molecule has 0 heterocycles. The minimum Gasteiger partial charge on any atom is -0.392 e. The molecule has 0 aliphatic heterocycles. The molecule has 3 aliphatic carbocycles. The Morgan fingerprint density at radius 3 is 2.83 bits per heavy atom. The van der Waals surface area contributed by atoms with E-state index in [-0.39, 0.29) is 17.3 Å². The molecule has 0 radical (unpaired) electrons. The zero-order chi connectivity index (χ0) is 16.6. The van der Waals surface area contributed by atoms with E-state index in [1.54, 1.807) is 6.08 Å². The van der Waals surface area contributed by atoms with Crippen LogP contribution in [-0.4, -0.2) is 17.0 Å². The molecule has 2 nitrogen and oxygen atoms in total. The largest absolute Gasteiger partial charge is 0.392 e. The van der Waals surface area contributed by atoms with E-state index in [1.807, 2.05) is 0 Å². The van der Waals surface area contributed by atoms with Crippen LogP contribution >= 0.6 is 0 Å². The predicted molar refractivity (Wildman–Crippen MR) is 94.0 cm³/mol. The second kappa shape index (κ2) is 6.24. The summed E-state index contributed by atoms with van der Waals surface area (Å²) in [5.74, 6) is 0.734. The lowest BCUT2D eigenvalue weighted by molar-refractivity contribution is -0.112.